The summed E-state index contributed by atoms with van der Waals surface area (Å²) in [5, 5.41) is 16.6. The first-order valence-corrected chi connectivity index (χ1v) is 9.21. The van der Waals surface area contributed by atoms with E-state index in [0.717, 1.165) is 22.4 Å². The predicted octanol–water partition coefficient (Wildman–Crippen LogP) is 4.02. The molecule has 1 heterocycles. The van der Waals surface area contributed by atoms with E-state index < -0.39 is 0 Å². The van der Waals surface area contributed by atoms with Gasteiger partial charge in [-0.2, -0.15) is 4.57 Å². The number of hydrogen-bond acceptors (Lipinski definition) is 2. The van der Waals surface area contributed by atoms with Gasteiger partial charge < -0.3 is 10.4 Å². The van der Waals surface area contributed by atoms with Gasteiger partial charge in [-0.25, -0.2) is 0 Å². The van der Waals surface area contributed by atoms with E-state index in [1.165, 1.54) is 0 Å². The summed E-state index contributed by atoms with van der Waals surface area (Å²) in [5.74, 6) is -0.111. The van der Waals surface area contributed by atoms with Gasteiger partial charge in [-0.15, -0.1) is 0 Å². The van der Waals surface area contributed by atoms with Gasteiger partial charge >= 0.3 is 0 Å². The number of thiocarbonyl (C=S) groups is 1. The lowest BCUT2D eigenvalue weighted by atomic mass is 10.0. The molecule has 0 saturated heterocycles. The third kappa shape index (κ3) is 4.23. The fraction of sp³-hybridized carbons (Fsp3) is 0.130. The van der Waals surface area contributed by atoms with Crippen LogP contribution < -0.4 is 15.0 Å². The molecule has 0 saturated carbocycles. The molecule has 0 bridgehead atoms. The second kappa shape index (κ2) is 8.14. The summed E-state index contributed by atoms with van der Waals surface area (Å²) >= 11 is 5.64. The van der Waals surface area contributed by atoms with Gasteiger partial charge in [0.25, 0.3) is 0 Å². The molecule has 1 N–H and O–H groups in total. The molecule has 0 unspecified atom stereocenters. The summed E-state index contributed by atoms with van der Waals surface area (Å²) in [5.41, 5.74) is 5.24. The second-order valence-electron chi connectivity index (χ2n) is 6.53. The predicted molar refractivity (Wildman–Crippen MR) is 113 cm³/mol. The Morgan fingerprint density at radius 3 is 2.22 bits per heavy atom. The molecule has 0 fully saturated rings. The van der Waals surface area contributed by atoms with Crippen molar-refractivity contribution in [2.75, 3.05) is 5.32 Å². The summed E-state index contributed by atoms with van der Waals surface area (Å²) in [6.07, 6.45) is 3.67. The van der Waals surface area contributed by atoms with Crippen LogP contribution in [0.4, 0.5) is 5.69 Å². The highest BCUT2D eigenvalue weighted by Crippen LogP contribution is 2.20. The average Bonchev–Trinajstić information content (AvgIpc) is 2.67. The van der Waals surface area contributed by atoms with Crippen LogP contribution in [0.5, 0.6) is 0 Å². The first-order chi connectivity index (χ1) is 13.0. The Morgan fingerprint density at radius 2 is 1.56 bits per heavy atom. The fourth-order valence-electron chi connectivity index (χ4n) is 2.80. The summed E-state index contributed by atoms with van der Waals surface area (Å²) in [6.45, 7) is 6.04. The number of anilines is 1. The molecule has 0 aliphatic rings. The van der Waals surface area contributed by atoms with E-state index in [1.807, 2.05) is 93.8 Å². The molecule has 3 aromatic rings. The molecule has 0 amide bonds. The smallest absolute Gasteiger partial charge is 0.238 e. The van der Waals surface area contributed by atoms with Crippen LogP contribution in [0.15, 0.2) is 73.1 Å². The van der Waals surface area contributed by atoms with Crippen molar-refractivity contribution in [2.45, 2.75) is 20.8 Å². The molecular formula is C23H22N2OS. The maximum Gasteiger partial charge on any atom is 0.238 e. The minimum Gasteiger partial charge on any atom is -0.867 e. The molecule has 136 valence electrons. The summed E-state index contributed by atoms with van der Waals surface area (Å²) in [7, 11) is 0. The van der Waals surface area contributed by atoms with Crippen LogP contribution in [-0.4, -0.2) is 4.99 Å². The largest absolute Gasteiger partial charge is 0.867 e. The molecule has 27 heavy (non-hydrogen) atoms. The Kier molecular flexibility index (Phi) is 5.67. The molecule has 2 aromatic carbocycles. The van der Waals surface area contributed by atoms with Crippen molar-refractivity contribution in [1.82, 2.24) is 0 Å². The van der Waals surface area contributed by atoms with Gasteiger partial charge in [-0.05, 0) is 54.9 Å². The van der Waals surface area contributed by atoms with Crippen molar-refractivity contribution in [3.05, 3.63) is 95.3 Å². The molecule has 0 spiro atoms. The van der Waals surface area contributed by atoms with Gasteiger partial charge in [0, 0.05) is 17.8 Å². The quantitative estimate of drug-likeness (QED) is 0.324. The van der Waals surface area contributed by atoms with E-state index in [9.17, 15) is 5.11 Å². The van der Waals surface area contributed by atoms with Crippen molar-refractivity contribution in [2.24, 2.45) is 0 Å². The third-order valence-corrected chi connectivity index (χ3v) is 4.86. The Morgan fingerprint density at radius 1 is 0.852 bits per heavy atom. The van der Waals surface area contributed by atoms with Crippen LogP contribution in [0.25, 0.3) is 11.5 Å². The lowest BCUT2D eigenvalue weighted by Crippen LogP contribution is -2.39. The van der Waals surface area contributed by atoms with Crippen molar-refractivity contribution < 1.29 is 9.67 Å². The standard InChI is InChI=1S/C23H22N2OS/c1-16-11-12-19(15-18(16)3)22(26)21(25-13-7-4-8-14-25)23(27)24-20-10-6-5-9-17(20)2/h4-15H,1-3H3,(H-,24,26,27). The number of nitrogens with zero attached hydrogens (tertiary/aromatic N) is 1. The number of aromatic nitrogens is 1. The topological polar surface area (TPSA) is 39.0 Å². The van der Waals surface area contributed by atoms with Gasteiger partial charge in [0.15, 0.2) is 17.4 Å². The average molecular weight is 375 g/mol. The molecule has 1 aromatic heterocycles. The van der Waals surface area contributed by atoms with E-state index >= 15 is 0 Å². The van der Waals surface area contributed by atoms with Gasteiger partial charge in [0.2, 0.25) is 5.70 Å². The van der Waals surface area contributed by atoms with E-state index in [4.69, 9.17) is 12.2 Å². The number of rotatable bonds is 4. The minimum atomic E-state index is -0.111. The fourth-order valence-corrected chi connectivity index (χ4v) is 3.11. The Labute approximate surface area is 165 Å². The SMILES string of the molecule is Cc1ccc(C([O-])=C(C(=S)Nc2ccccc2C)[n+]2ccccc2)cc1C. The molecule has 0 atom stereocenters. The van der Waals surface area contributed by atoms with E-state index in [2.05, 4.69) is 5.32 Å². The highest BCUT2D eigenvalue weighted by Gasteiger charge is 2.19. The summed E-state index contributed by atoms with van der Waals surface area (Å²) in [6, 6.07) is 19.3. The third-order valence-electron chi connectivity index (χ3n) is 4.57. The molecular weight excluding hydrogens is 352 g/mol. The first kappa shape index (κ1) is 18.8. The van der Waals surface area contributed by atoms with Crippen LogP contribution in [0.2, 0.25) is 0 Å². The second-order valence-corrected chi connectivity index (χ2v) is 6.94. The zero-order valence-electron chi connectivity index (χ0n) is 15.7. The molecule has 4 heteroatoms. The van der Waals surface area contributed by atoms with Gasteiger partial charge in [0.1, 0.15) is 0 Å². The van der Waals surface area contributed by atoms with E-state index in [-0.39, 0.29) is 5.76 Å². The zero-order chi connectivity index (χ0) is 19.4. The zero-order valence-corrected chi connectivity index (χ0v) is 16.5. The van der Waals surface area contributed by atoms with E-state index in [1.54, 1.807) is 4.57 Å². The number of pyridine rings is 1. The highest BCUT2D eigenvalue weighted by molar-refractivity contribution is 7.81. The molecule has 0 radical (unpaired) electrons. The lowest BCUT2D eigenvalue weighted by Gasteiger charge is -2.18. The Bertz CT molecular complexity index is 1010. The van der Waals surface area contributed by atoms with Crippen LogP contribution in [0, 0.1) is 20.8 Å². The van der Waals surface area contributed by atoms with Crippen LogP contribution in [0.1, 0.15) is 22.3 Å². The number of nitrogens with one attached hydrogen (secondary N) is 1. The van der Waals surface area contributed by atoms with Gasteiger partial charge in [0.05, 0.1) is 0 Å². The maximum atomic E-state index is 13.3. The Hall–Kier alpha value is -2.98. The summed E-state index contributed by atoms with van der Waals surface area (Å²) in [4.78, 5) is 0.392. The minimum absolute atomic E-state index is 0.111. The van der Waals surface area contributed by atoms with Crippen molar-refractivity contribution in [3.8, 4) is 0 Å². The number of hydrogen-bond donors (Lipinski definition) is 1. The summed E-state index contributed by atoms with van der Waals surface area (Å²) < 4.78 is 1.77. The number of aryl methyl sites for hydroxylation is 3. The number of para-hydroxylation sites is 1. The van der Waals surface area contributed by atoms with Gasteiger partial charge in [-0.1, -0.05) is 54.7 Å². The van der Waals surface area contributed by atoms with Crippen LogP contribution >= 0.6 is 12.2 Å². The normalized spacial score (nSPS) is 11.7. The van der Waals surface area contributed by atoms with Crippen LogP contribution in [-0.2, 0) is 0 Å². The van der Waals surface area contributed by atoms with Crippen molar-refractivity contribution in [1.29, 1.82) is 0 Å². The monoisotopic (exact) mass is 374 g/mol. The molecule has 3 nitrogen and oxygen atoms in total. The van der Waals surface area contributed by atoms with Crippen molar-refractivity contribution in [3.63, 3.8) is 0 Å². The molecule has 0 aliphatic carbocycles. The van der Waals surface area contributed by atoms with Crippen molar-refractivity contribution >= 4 is 34.3 Å². The lowest BCUT2D eigenvalue weighted by molar-refractivity contribution is -0.577. The Balaban J connectivity index is 2.09. The van der Waals surface area contributed by atoms with Gasteiger partial charge in [-0.3, -0.25) is 0 Å². The van der Waals surface area contributed by atoms with E-state index in [0.29, 0.717) is 16.2 Å². The molecule has 0 aliphatic heterocycles. The van der Waals surface area contributed by atoms with Crippen LogP contribution in [0.3, 0.4) is 0 Å². The highest BCUT2D eigenvalue weighted by atomic mass is 32.1. The first-order valence-electron chi connectivity index (χ1n) is 8.80. The maximum absolute atomic E-state index is 13.3. The number of benzene rings is 2. The molecule has 3 rings (SSSR count).